The third-order valence-corrected chi connectivity index (χ3v) is 7.03. The van der Waals surface area contributed by atoms with Crippen LogP contribution in [0.2, 0.25) is 0 Å². The van der Waals surface area contributed by atoms with Crippen molar-refractivity contribution >= 4 is 22.5 Å². The number of rotatable bonds is 5. The first-order valence-corrected chi connectivity index (χ1v) is 12.5. The standard InChI is InChI=1S/C28H32N6O2/c1-19(2)26-24-17-29-34(23-11-10-20(3)21(4)16-23)27(24)28(36)33(30-26)18-25(35)32-14-12-31(13-15-32)22-8-6-5-7-9-22/h5-11,16-17,19H,12-15,18H2,1-4H3. The Morgan fingerprint density at radius 3 is 2.33 bits per heavy atom. The molecule has 0 radical (unpaired) electrons. The molecule has 3 heterocycles. The van der Waals surface area contributed by atoms with Crippen LogP contribution in [0.25, 0.3) is 16.6 Å². The first-order chi connectivity index (χ1) is 17.3. The predicted octanol–water partition coefficient (Wildman–Crippen LogP) is 3.67. The van der Waals surface area contributed by atoms with Gasteiger partial charge in [0.15, 0.2) is 0 Å². The van der Waals surface area contributed by atoms with Gasteiger partial charge in [-0.1, -0.05) is 38.1 Å². The number of piperazine rings is 1. The predicted molar refractivity (Wildman–Crippen MR) is 142 cm³/mol. The van der Waals surface area contributed by atoms with Crippen molar-refractivity contribution in [1.29, 1.82) is 0 Å². The molecule has 5 rings (SSSR count). The Hall–Kier alpha value is -3.94. The third-order valence-electron chi connectivity index (χ3n) is 7.03. The van der Waals surface area contributed by atoms with E-state index < -0.39 is 0 Å². The van der Waals surface area contributed by atoms with Gasteiger partial charge >= 0.3 is 0 Å². The number of nitrogens with zero attached hydrogens (tertiary/aromatic N) is 6. The maximum absolute atomic E-state index is 13.6. The zero-order valence-corrected chi connectivity index (χ0v) is 21.3. The Morgan fingerprint density at radius 2 is 1.67 bits per heavy atom. The second kappa shape index (κ2) is 9.60. The molecule has 0 saturated carbocycles. The Labute approximate surface area is 210 Å². The fourth-order valence-corrected chi connectivity index (χ4v) is 4.76. The second-order valence-corrected chi connectivity index (χ2v) is 9.79. The molecule has 0 unspecified atom stereocenters. The molecule has 1 aliphatic rings. The van der Waals surface area contributed by atoms with Crippen molar-refractivity contribution in [3.63, 3.8) is 0 Å². The summed E-state index contributed by atoms with van der Waals surface area (Å²) in [5.74, 6) is -0.0233. The topological polar surface area (TPSA) is 76.3 Å². The Balaban J connectivity index is 1.44. The summed E-state index contributed by atoms with van der Waals surface area (Å²) in [4.78, 5) is 31.0. The van der Waals surface area contributed by atoms with Gasteiger partial charge in [0, 0.05) is 37.3 Å². The molecule has 4 aromatic rings. The number of benzene rings is 2. The highest BCUT2D eigenvalue weighted by molar-refractivity contribution is 5.83. The van der Waals surface area contributed by atoms with Crippen LogP contribution >= 0.6 is 0 Å². The van der Waals surface area contributed by atoms with Gasteiger partial charge in [-0.05, 0) is 55.2 Å². The molecule has 1 fully saturated rings. The number of amides is 1. The van der Waals surface area contributed by atoms with Gasteiger partial charge in [-0.15, -0.1) is 0 Å². The maximum Gasteiger partial charge on any atom is 0.293 e. The molecule has 0 atom stereocenters. The molecule has 0 spiro atoms. The Bertz CT molecular complexity index is 1460. The summed E-state index contributed by atoms with van der Waals surface area (Å²) in [6.45, 7) is 10.8. The number of carbonyl (C=O) groups excluding carboxylic acids is 1. The number of fused-ring (bicyclic) bond motifs is 1. The smallest absolute Gasteiger partial charge is 0.293 e. The Kier molecular flexibility index (Phi) is 6.35. The molecule has 0 N–H and O–H groups in total. The summed E-state index contributed by atoms with van der Waals surface area (Å²) in [5, 5.41) is 9.91. The lowest BCUT2D eigenvalue weighted by atomic mass is 10.1. The van der Waals surface area contributed by atoms with E-state index in [1.54, 1.807) is 10.9 Å². The summed E-state index contributed by atoms with van der Waals surface area (Å²) in [5.41, 5.74) is 5.20. The summed E-state index contributed by atoms with van der Waals surface area (Å²) < 4.78 is 3.00. The van der Waals surface area contributed by atoms with Crippen LogP contribution in [0.5, 0.6) is 0 Å². The quantitative estimate of drug-likeness (QED) is 0.432. The van der Waals surface area contributed by atoms with Gasteiger partial charge in [-0.3, -0.25) is 9.59 Å². The highest BCUT2D eigenvalue weighted by Crippen LogP contribution is 2.24. The van der Waals surface area contributed by atoms with Crippen molar-refractivity contribution in [3.05, 3.63) is 81.9 Å². The average molecular weight is 485 g/mol. The first kappa shape index (κ1) is 23.8. The van der Waals surface area contributed by atoms with Crippen LogP contribution in [-0.4, -0.2) is 56.5 Å². The molecule has 2 aromatic heterocycles. The van der Waals surface area contributed by atoms with Gasteiger partial charge < -0.3 is 9.80 Å². The SMILES string of the molecule is Cc1ccc(-n2ncc3c(C(C)C)nn(CC(=O)N4CCN(c5ccccc5)CC4)c(=O)c32)cc1C. The molecule has 1 aliphatic heterocycles. The summed E-state index contributed by atoms with van der Waals surface area (Å²) in [7, 11) is 0. The van der Waals surface area contributed by atoms with Crippen LogP contribution < -0.4 is 10.5 Å². The fourth-order valence-electron chi connectivity index (χ4n) is 4.76. The molecule has 1 saturated heterocycles. The summed E-state index contributed by atoms with van der Waals surface area (Å²) in [6.07, 6.45) is 1.71. The largest absolute Gasteiger partial charge is 0.368 e. The molecule has 0 bridgehead atoms. The van der Waals surface area contributed by atoms with Crippen LogP contribution in [0.1, 0.15) is 36.6 Å². The molecule has 186 valence electrons. The average Bonchev–Trinajstić information content (AvgIpc) is 3.33. The van der Waals surface area contributed by atoms with E-state index in [9.17, 15) is 9.59 Å². The second-order valence-electron chi connectivity index (χ2n) is 9.79. The lowest BCUT2D eigenvalue weighted by Crippen LogP contribution is -2.50. The molecule has 1 amide bonds. The number of hydrogen-bond donors (Lipinski definition) is 0. The normalized spacial score (nSPS) is 14.1. The number of carbonyl (C=O) groups is 1. The van der Waals surface area contributed by atoms with Crippen molar-refractivity contribution < 1.29 is 4.79 Å². The van der Waals surface area contributed by atoms with E-state index in [-0.39, 0.29) is 23.9 Å². The van der Waals surface area contributed by atoms with E-state index in [4.69, 9.17) is 0 Å². The number of aryl methyl sites for hydroxylation is 2. The van der Waals surface area contributed by atoms with E-state index in [0.717, 1.165) is 41.1 Å². The van der Waals surface area contributed by atoms with Crippen molar-refractivity contribution in [2.24, 2.45) is 0 Å². The third kappa shape index (κ3) is 4.39. The van der Waals surface area contributed by atoms with Crippen LogP contribution in [0.4, 0.5) is 5.69 Å². The van der Waals surface area contributed by atoms with Gasteiger partial charge in [-0.2, -0.15) is 10.2 Å². The lowest BCUT2D eigenvalue weighted by Gasteiger charge is -2.36. The number of anilines is 1. The fraction of sp³-hybridized carbons (Fsp3) is 0.357. The first-order valence-electron chi connectivity index (χ1n) is 12.5. The van der Waals surface area contributed by atoms with Crippen molar-refractivity contribution in [3.8, 4) is 5.69 Å². The molecule has 8 heteroatoms. The molecule has 0 aliphatic carbocycles. The van der Waals surface area contributed by atoms with Gasteiger partial charge in [-0.25, -0.2) is 9.36 Å². The highest BCUT2D eigenvalue weighted by atomic mass is 16.2. The highest BCUT2D eigenvalue weighted by Gasteiger charge is 2.24. The number of aromatic nitrogens is 4. The van der Waals surface area contributed by atoms with Gasteiger partial charge in [0.1, 0.15) is 12.1 Å². The monoisotopic (exact) mass is 484 g/mol. The van der Waals surface area contributed by atoms with E-state index in [0.29, 0.717) is 18.6 Å². The zero-order chi connectivity index (χ0) is 25.4. The van der Waals surface area contributed by atoms with Crippen molar-refractivity contribution in [2.45, 2.75) is 40.2 Å². The molecule has 36 heavy (non-hydrogen) atoms. The zero-order valence-electron chi connectivity index (χ0n) is 21.3. The van der Waals surface area contributed by atoms with E-state index in [2.05, 4.69) is 34.2 Å². The lowest BCUT2D eigenvalue weighted by molar-refractivity contribution is -0.132. The molecule has 8 nitrogen and oxygen atoms in total. The van der Waals surface area contributed by atoms with Crippen molar-refractivity contribution in [1.82, 2.24) is 24.5 Å². The molecular formula is C28H32N6O2. The number of hydrogen-bond acceptors (Lipinski definition) is 5. The van der Waals surface area contributed by atoms with Crippen LogP contribution in [0.15, 0.2) is 59.5 Å². The van der Waals surface area contributed by atoms with Crippen LogP contribution in [-0.2, 0) is 11.3 Å². The van der Waals surface area contributed by atoms with Crippen molar-refractivity contribution in [2.75, 3.05) is 31.1 Å². The minimum atomic E-state index is -0.304. The van der Waals surface area contributed by atoms with E-state index in [1.807, 2.05) is 62.1 Å². The molecule has 2 aromatic carbocycles. The Morgan fingerprint density at radius 1 is 0.944 bits per heavy atom. The minimum Gasteiger partial charge on any atom is -0.368 e. The summed E-state index contributed by atoms with van der Waals surface area (Å²) >= 11 is 0. The maximum atomic E-state index is 13.6. The van der Waals surface area contributed by atoms with Gasteiger partial charge in [0.05, 0.1) is 17.6 Å². The van der Waals surface area contributed by atoms with E-state index in [1.165, 1.54) is 10.2 Å². The molecular weight excluding hydrogens is 452 g/mol. The minimum absolute atomic E-state index is 0.0706. The number of para-hydroxylation sites is 1. The summed E-state index contributed by atoms with van der Waals surface area (Å²) in [6, 6.07) is 16.2. The van der Waals surface area contributed by atoms with Crippen LogP contribution in [0.3, 0.4) is 0 Å². The van der Waals surface area contributed by atoms with Gasteiger partial charge in [0.2, 0.25) is 5.91 Å². The van der Waals surface area contributed by atoms with Crippen LogP contribution in [0, 0.1) is 13.8 Å². The van der Waals surface area contributed by atoms with Gasteiger partial charge in [0.25, 0.3) is 5.56 Å². The van der Waals surface area contributed by atoms with E-state index >= 15 is 0 Å².